The van der Waals surface area contributed by atoms with Crippen LogP contribution in [0.4, 0.5) is 14.6 Å². The van der Waals surface area contributed by atoms with E-state index in [9.17, 15) is 13.6 Å². The predicted octanol–water partition coefficient (Wildman–Crippen LogP) is 3.93. The normalized spacial score (nSPS) is 16.1. The van der Waals surface area contributed by atoms with E-state index in [1.165, 1.54) is 24.0 Å². The number of amides is 1. The van der Waals surface area contributed by atoms with Crippen LogP contribution in [0.15, 0.2) is 55.0 Å². The topological polar surface area (TPSA) is 75.9 Å². The highest BCUT2D eigenvalue weighted by Gasteiger charge is 2.28. The number of benzene rings is 2. The van der Waals surface area contributed by atoms with Gasteiger partial charge < -0.3 is 10.2 Å². The Balaban J connectivity index is 1.32. The summed E-state index contributed by atoms with van der Waals surface area (Å²) >= 11 is 0. The number of carbonyl (C=O) groups is 1. The van der Waals surface area contributed by atoms with Gasteiger partial charge in [0.2, 0.25) is 5.91 Å². The molecule has 9 heteroatoms. The maximum Gasteiger partial charge on any atom is 0.225 e. The Hall–Kier alpha value is -3.88. The minimum Gasteiger partial charge on any atom is -0.355 e. The fraction of sp³-hybridized carbons (Fsp3) is 0.280. The molecule has 0 bridgehead atoms. The third kappa shape index (κ3) is 4.59. The van der Waals surface area contributed by atoms with Crippen molar-refractivity contribution < 1.29 is 13.6 Å². The number of aryl methyl sites for hydroxylation is 1. The average Bonchev–Trinajstić information content (AvgIpc) is 3.27. The second-order valence-corrected chi connectivity index (χ2v) is 8.62. The van der Waals surface area contributed by atoms with Crippen LogP contribution in [-0.2, 0) is 11.3 Å². The molecule has 0 radical (unpaired) electrons. The Labute approximate surface area is 195 Å². The van der Waals surface area contributed by atoms with Gasteiger partial charge in [-0.15, -0.1) is 5.10 Å². The van der Waals surface area contributed by atoms with Crippen LogP contribution in [0.3, 0.4) is 0 Å². The fourth-order valence-electron chi connectivity index (χ4n) is 4.34. The molecule has 174 valence electrons. The lowest BCUT2D eigenvalue weighted by molar-refractivity contribution is -0.125. The van der Waals surface area contributed by atoms with Gasteiger partial charge in [0.1, 0.15) is 23.8 Å². The molecule has 1 aliphatic heterocycles. The lowest BCUT2D eigenvalue weighted by Crippen LogP contribution is -2.43. The van der Waals surface area contributed by atoms with Crippen molar-refractivity contribution in [3.8, 4) is 5.69 Å². The lowest BCUT2D eigenvalue weighted by Gasteiger charge is -2.33. The highest BCUT2D eigenvalue weighted by atomic mass is 19.1. The maximum atomic E-state index is 13.4. The smallest absolute Gasteiger partial charge is 0.225 e. The third-order valence-corrected chi connectivity index (χ3v) is 6.07. The standard InChI is InChI=1S/C25H24F2N6O/c1-16-4-6-21(7-5-16)33-14-22-23(31-33)29-15-30-24(22)32-8-2-3-18(13-32)25(34)28-12-17-9-19(26)11-20(27)10-17/h4-7,9-11,14-15,18H,2-3,8,12-13H2,1H3,(H,28,34). The number of nitrogens with one attached hydrogen (secondary N) is 1. The van der Waals surface area contributed by atoms with Gasteiger partial charge in [-0.3, -0.25) is 4.79 Å². The molecule has 0 spiro atoms. The molecular weight excluding hydrogens is 438 g/mol. The van der Waals surface area contributed by atoms with E-state index in [0.29, 0.717) is 17.8 Å². The van der Waals surface area contributed by atoms with Gasteiger partial charge >= 0.3 is 0 Å². The van der Waals surface area contributed by atoms with E-state index in [2.05, 4.69) is 25.3 Å². The van der Waals surface area contributed by atoms with E-state index in [0.717, 1.165) is 42.3 Å². The Kier molecular flexibility index (Phi) is 5.91. The number of anilines is 1. The van der Waals surface area contributed by atoms with Crippen molar-refractivity contribution in [2.24, 2.45) is 5.92 Å². The molecule has 34 heavy (non-hydrogen) atoms. The molecular formula is C25H24F2N6O. The van der Waals surface area contributed by atoms with Crippen molar-refractivity contribution in [2.75, 3.05) is 18.0 Å². The Morgan fingerprint density at radius 3 is 2.65 bits per heavy atom. The number of aromatic nitrogens is 4. The summed E-state index contributed by atoms with van der Waals surface area (Å²) in [6.45, 7) is 3.36. The zero-order chi connectivity index (χ0) is 23.7. The van der Waals surface area contributed by atoms with Crippen LogP contribution in [0.1, 0.15) is 24.0 Å². The summed E-state index contributed by atoms with van der Waals surface area (Å²) in [5, 5.41) is 8.23. The number of carbonyl (C=O) groups excluding carboxylic acids is 1. The van der Waals surface area contributed by atoms with Gasteiger partial charge in [0, 0.05) is 31.9 Å². The van der Waals surface area contributed by atoms with Crippen molar-refractivity contribution >= 4 is 22.8 Å². The second-order valence-electron chi connectivity index (χ2n) is 8.62. The molecule has 2 aromatic carbocycles. The molecule has 4 aromatic rings. The van der Waals surface area contributed by atoms with E-state index < -0.39 is 11.6 Å². The van der Waals surface area contributed by atoms with Crippen LogP contribution in [0.5, 0.6) is 0 Å². The van der Waals surface area contributed by atoms with Gasteiger partial charge in [0.15, 0.2) is 5.65 Å². The number of halogens is 2. The zero-order valence-corrected chi connectivity index (χ0v) is 18.7. The summed E-state index contributed by atoms with van der Waals surface area (Å²) < 4.78 is 28.6. The SMILES string of the molecule is Cc1ccc(-n2cc3c(N4CCCC(C(=O)NCc5cc(F)cc(F)c5)C4)ncnc3n2)cc1. The first-order valence-corrected chi connectivity index (χ1v) is 11.2. The van der Waals surface area contributed by atoms with E-state index in [1.807, 2.05) is 37.4 Å². The Morgan fingerprint density at radius 1 is 1.12 bits per heavy atom. The Bertz CT molecular complexity index is 1320. The quantitative estimate of drug-likeness (QED) is 0.486. The van der Waals surface area contributed by atoms with Crippen molar-refractivity contribution in [1.82, 2.24) is 25.1 Å². The van der Waals surface area contributed by atoms with Crippen LogP contribution in [0.2, 0.25) is 0 Å². The van der Waals surface area contributed by atoms with Gasteiger partial charge in [-0.05, 0) is 49.6 Å². The molecule has 0 aliphatic carbocycles. The van der Waals surface area contributed by atoms with Crippen molar-refractivity contribution in [2.45, 2.75) is 26.3 Å². The maximum absolute atomic E-state index is 13.4. The molecule has 1 atom stereocenters. The number of hydrogen-bond acceptors (Lipinski definition) is 5. The molecule has 2 aromatic heterocycles. The third-order valence-electron chi connectivity index (χ3n) is 6.07. The molecule has 1 saturated heterocycles. The molecule has 1 aliphatic rings. The van der Waals surface area contributed by atoms with Crippen LogP contribution in [0, 0.1) is 24.5 Å². The Morgan fingerprint density at radius 2 is 1.88 bits per heavy atom. The largest absolute Gasteiger partial charge is 0.355 e. The minimum atomic E-state index is -0.660. The van der Waals surface area contributed by atoms with Crippen molar-refractivity contribution in [3.05, 3.63) is 77.8 Å². The van der Waals surface area contributed by atoms with Gasteiger partial charge in [-0.25, -0.2) is 23.4 Å². The van der Waals surface area contributed by atoms with E-state index in [1.54, 1.807) is 4.68 Å². The molecule has 1 N–H and O–H groups in total. The van der Waals surface area contributed by atoms with E-state index in [-0.39, 0.29) is 18.4 Å². The average molecular weight is 463 g/mol. The van der Waals surface area contributed by atoms with Crippen LogP contribution >= 0.6 is 0 Å². The molecule has 1 fully saturated rings. The second kappa shape index (κ2) is 9.17. The van der Waals surface area contributed by atoms with Crippen LogP contribution < -0.4 is 10.2 Å². The summed E-state index contributed by atoms with van der Waals surface area (Å²) in [6, 6.07) is 11.3. The number of rotatable bonds is 5. The predicted molar refractivity (Wildman–Crippen MR) is 125 cm³/mol. The summed E-state index contributed by atoms with van der Waals surface area (Å²) in [4.78, 5) is 23.7. The summed E-state index contributed by atoms with van der Waals surface area (Å²) in [5.41, 5.74) is 3.07. The summed E-state index contributed by atoms with van der Waals surface area (Å²) in [7, 11) is 0. The minimum absolute atomic E-state index is 0.0745. The van der Waals surface area contributed by atoms with Crippen molar-refractivity contribution in [1.29, 1.82) is 0 Å². The van der Waals surface area contributed by atoms with Crippen molar-refractivity contribution in [3.63, 3.8) is 0 Å². The van der Waals surface area contributed by atoms with Crippen LogP contribution in [0.25, 0.3) is 16.7 Å². The molecule has 5 rings (SSSR count). The van der Waals surface area contributed by atoms with Crippen LogP contribution in [-0.4, -0.2) is 38.7 Å². The lowest BCUT2D eigenvalue weighted by atomic mass is 9.97. The van der Waals surface area contributed by atoms with E-state index >= 15 is 0 Å². The molecule has 7 nitrogen and oxygen atoms in total. The first-order valence-electron chi connectivity index (χ1n) is 11.2. The number of fused-ring (bicyclic) bond motifs is 1. The van der Waals surface area contributed by atoms with Gasteiger partial charge in [-0.1, -0.05) is 17.7 Å². The first kappa shape index (κ1) is 21.9. The first-order chi connectivity index (χ1) is 16.5. The van der Waals surface area contributed by atoms with Gasteiger partial charge in [0.05, 0.1) is 17.0 Å². The highest BCUT2D eigenvalue weighted by molar-refractivity contribution is 5.87. The zero-order valence-electron chi connectivity index (χ0n) is 18.7. The number of hydrogen-bond donors (Lipinski definition) is 1. The van der Waals surface area contributed by atoms with Gasteiger partial charge in [-0.2, -0.15) is 0 Å². The highest BCUT2D eigenvalue weighted by Crippen LogP contribution is 2.28. The molecule has 1 amide bonds. The molecule has 3 heterocycles. The fourth-order valence-corrected chi connectivity index (χ4v) is 4.34. The van der Waals surface area contributed by atoms with E-state index in [4.69, 9.17) is 0 Å². The summed E-state index contributed by atoms with van der Waals surface area (Å²) in [6.07, 6.45) is 4.96. The number of nitrogens with zero attached hydrogens (tertiary/aromatic N) is 5. The van der Waals surface area contributed by atoms with Gasteiger partial charge in [0.25, 0.3) is 0 Å². The summed E-state index contributed by atoms with van der Waals surface area (Å²) in [5.74, 6) is -0.980. The molecule has 0 saturated carbocycles. The monoisotopic (exact) mass is 462 g/mol. The molecule has 1 unspecified atom stereocenters. The number of piperidine rings is 1.